The zero-order chi connectivity index (χ0) is 13.7. The topological polar surface area (TPSA) is 66.4 Å². The second-order valence-corrected chi connectivity index (χ2v) is 5.23. The molecule has 0 aromatic heterocycles. The largest absolute Gasteiger partial charge is 0.475 e. The molecule has 1 atom stereocenters. The van der Waals surface area contributed by atoms with Crippen LogP contribution in [-0.2, 0) is 9.59 Å². The van der Waals surface area contributed by atoms with Crippen molar-refractivity contribution in [2.45, 2.75) is 45.2 Å². The fourth-order valence-corrected chi connectivity index (χ4v) is 1.89. The van der Waals surface area contributed by atoms with Crippen molar-refractivity contribution < 1.29 is 19.2 Å². The van der Waals surface area contributed by atoms with Gasteiger partial charge in [0.05, 0.1) is 21.1 Å². The summed E-state index contributed by atoms with van der Waals surface area (Å²) >= 11 is 0. The maximum absolute atomic E-state index is 11.7. The quantitative estimate of drug-likeness (QED) is 0.523. The molecule has 2 N–H and O–H groups in total. The summed E-state index contributed by atoms with van der Waals surface area (Å²) in [5.41, 5.74) is -1.24. The summed E-state index contributed by atoms with van der Waals surface area (Å²) in [5.74, 6) is -1.17. The normalized spacial score (nSPS) is 15.1. The summed E-state index contributed by atoms with van der Waals surface area (Å²) in [5, 5.41) is 12.2. The van der Waals surface area contributed by atoms with E-state index in [1.54, 1.807) is 21.1 Å². The van der Waals surface area contributed by atoms with Crippen LogP contribution in [-0.4, -0.2) is 48.3 Å². The van der Waals surface area contributed by atoms with Crippen molar-refractivity contribution in [3.8, 4) is 0 Å². The molecule has 100 valence electrons. The third-order valence-corrected chi connectivity index (χ3v) is 2.93. The summed E-state index contributed by atoms with van der Waals surface area (Å²) in [4.78, 5) is 23.3. The molecule has 0 aliphatic rings. The number of carboxylic acid groups (broad SMARTS) is 1. The molecule has 0 heterocycles. The third kappa shape index (κ3) is 3.70. The first-order chi connectivity index (χ1) is 7.71. The van der Waals surface area contributed by atoms with Crippen LogP contribution in [0.1, 0.15) is 39.5 Å². The Labute approximate surface area is 103 Å². The standard InChI is InChI=1S/C12H24N2O3/c1-6-8-10(15)13-12(9-7-2,11(16)17)14(3,4)5/h6-9H2,1-5H3,(H-,13,15,16,17)/p+1. The van der Waals surface area contributed by atoms with E-state index in [1.165, 1.54) is 0 Å². The van der Waals surface area contributed by atoms with Crippen molar-refractivity contribution in [1.29, 1.82) is 0 Å². The Morgan fingerprint density at radius 3 is 2.00 bits per heavy atom. The van der Waals surface area contributed by atoms with Gasteiger partial charge in [-0.05, 0) is 12.8 Å². The number of carboxylic acids is 1. The Bertz CT molecular complexity index is 284. The highest BCUT2D eigenvalue weighted by molar-refractivity contribution is 5.85. The number of nitrogens with zero attached hydrogens (tertiary/aromatic N) is 1. The molecule has 5 nitrogen and oxygen atoms in total. The summed E-state index contributed by atoms with van der Waals surface area (Å²) in [6.45, 7) is 3.81. The molecule has 0 rings (SSSR count). The van der Waals surface area contributed by atoms with E-state index in [-0.39, 0.29) is 10.4 Å². The summed E-state index contributed by atoms with van der Waals surface area (Å²) < 4.78 is 0.172. The first-order valence-corrected chi connectivity index (χ1v) is 6.07. The van der Waals surface area contributed by atoms with Gasteiger partial charge in [-0.25, -0.2) is 4.79 Å². The molecular weight excluding hydrogens is 220 g/mol. The number of hydrogen-bond acceptors (Lipinski definition) is 2. The van der Waals surface area contributed by atoms with E-state index in [0.717, 1.165) is 0 Å². The lowest BCUT2D eigenvalue weighted by atomic mass is 10.00. The highest BCUT2D eigenvalue weighted by atomic mass is 16.4. The van der Waals surface area contributed by atoms with Gasteiger partial charge in [0.1, 0.15) is 0 Å². The molecule has 0 saturated carbocycles. The Hall–Kier alpha value is -1.10. The van der Waals surface area contributed by atoms with E-state index in [9.17, 15) is 14.7 Å². The minimum Gasteiger partial charge on any atom is -0.475 e. The molecule has 5 heteroatoms. The zero-order valence-electron chi connectivity index (χ0n) is 11.5. The number of carbonyl (C=O) groups is 2. The van der Waals surface area contributed by atoms with Crippen LogP contribution in [0.4, 0.5) is 0 Å². The Balaban J connectivity index is 5.19. The zero-order valence-corrected chi connectivity index (χ0v) is 11.5. The molecule has 1 amide bonds. The second-order valence-electron chi connectivity index (χ2n) is 5.23. The van der Waals surface area contributed by atoms with E-state index < -0.39 is 11.6 Å². The lowest BCUT2D eigenvalue weighted by Crippen LogP contribution is -2.71. The van der Waals surface area contributed by atoms with Crippen molar-refractivity contribution in [2.24, 2.45) is 0 Å². The molecule has 0 bridgehead atoms. The van der Waals surface area contributed by atoms with Gasteiger partial charge in [0, 0.05) is 12.8 Å². The van der Waals surface area contributed by atoms with Gasteiger partial charge in [-0.3, -0.25) is 14.6 Å². The van der Waals surface area contributed by atoms with E-state index in [4.69, 9.17) is 0 Å². The maximum atomic E-state index is 11.7. The van der Waals surface area contributed by atoms with E-state index >= 15 is 0 Å². The van der Waals surface area contributed by atoms with Crippen LogP contribution in [0, 0.1) is 0 Å². The van der Waals surface area contributed by atoms with Gasteiger partial charge in [0.25, 0.3) is 5.66 Å². The van der Waals surface area contributed by atoms with Gasteiger partial charge in [0.2, 0.25) is 5.91 Å². The van der Waals surface area contributed by atoms with Crippen molar-refractivity contribution >= 4 is 11.9 Å². The predicted molar refractivity (Wildman–Crippen MR) is 66.4 cm³/mol. The highest BCUT2D eigenvalue weighted by Gasteiger charge is 2.51. The van der Waals surface area contributed by atoms with Gasteiger partial charge < -0.3 is 5.11 Å². The van der Waals surface area contributed by atoms with Gasteiger partial charge in [0.15, 0.2) is 0 Å². The van der Waals surface area contributed by atoms with Gasteiger partial charge in [-0.1, -0.05) is 13.8 Å². The van der Waals surface area contributed by atoms with Crippen molar-refractivity contribution in [1.82, 2.24) is 5.32 Å². The molecule has 0 aliphatic carbocycles. The molecular formula is C12H25N2O3+. The molecule has 0 saturated heterocycles. The molecule has 1 unspecified atom stereocenters. The number of nitrogens with one attached hydrogen (secondary N) is 1. The van der Waals surface area contributed by atoms with Crippen molar-refractivity contribution in [3.63, 3.8) is 0 Å². The number of carbonyl (C=O) groups excluding carboxylic acids is 1. The van der Waals surface area contributed by atoms with Crippen LogP contribution in [0.2, 0.25) is 0 Å². The average Bonchev–Trinajstić information content (AvgIpc) is 2.15. The van der Waals surface area contributed by atoms with Crippen LogP contribution in [0.5, 0.6) is 0 Å². The Morgan fingerprint density at radius 2 is 1.71 bits per heavy atom. The first-order valence-electron chi connectivity index (χ1n) is 6.07. The average molecular weight is 245 g/mol. The summed E-state index contributed by atoms with van der Waals surface area (Å²) in [6.07, 6.45) is 2.19. The molecule has 0 aromatic carbocycles. The van der Waals surface area contributed by atoms with Gasteiger partial charge in [-0.2, -0.15) is 0 Å². The minimum atomic E-state index is -1.24. The van der Waals surface area contributed by atoms with E-state index in [2.05, 4.69) is 5.32 Å². The molecule has 0 aromatic rings. The summed E-state index contributed by atoms with van der Waals surface area (Å²) in [7, 11) is 5.36. The number of amides is 1. The first kappa shape index (κ1) is 15.9. The monoisotopic (exact) mass is 245 g/mol. The Kier molecular flexibility index (Phi) is 5.61. The molecule has 0 spiro atoms. The smallest absolute Gasteiger partial charge is 0.388 e. The number of hydrogen-bond donors (Lipinski definition) is 2. The van der Waals surface area contributed by atoms with Gasteiger partial charge in [-0.15, -0.1) is 0 Å². The molecule has 0 fully saturated rings. The Morgan fingerprint density at radius 1 is 1.18 bits per heavy atom. The number of quaternary nitrogens is 1. The van der Waals surface area contributed by atoms with Crippen LogP contribution in [0.25, 0.3) is 0 Å². The molecule has 0 aliphatic heterocycles. The van der Waals surface area contributed by atoms with Crippen LogP contribution >= 0.6 is 0 Å². The lowest BCUT2D eigenvalue weighted by molar-refractivity contribution is -0.917. The fourth-order valence-electron chi connectivity index (χ4n) is 1.89. The van der Waals surface area contributed by atoms with Crippen LogP contribution in [0.3, 0.4) is 0 Å². The minimum absolute atomic E-state index is 0.172. The van der Waals surface area contributed by atoms with E-state index in [0.29, 0.717) is 25.7 Å². The number of likely N-dealkylation sites (N-methyl/N-ethyl adjacent to an activating group) is 1. The maximum Gasteiger partial charge on any atom is 0.388 e. The highest BCUT2D eigenvalue weighted by Crippen LogP contribution is 2.22. The van der Waals surface area contributed by atoms with Crippen LogP contribution < -0.4 is 5.32 Å². The molecule has 0 radical (unpaired) electrons. The molecule has 17 heavy (non-hydrogen) atoms. The number of aliphatic carboxylic acids is 1. The second kappa shape index (κ2) is 6.00. The van der Waals surface area contributed by atoms with Crippen LogP contribution in [0.15, 0.2) is 0 Å². The SMILES string of the molecule is CCCC(=O)NC(CCC)(C(=O)O)[N+](C)(C)C. The van der Waals surface area contributed by atoms with Gasteiger partial charge >= 0.3 is 5.97 Å². The fraction of sp³-hybridized carbons (Fsp3) is 0.833. The lowest BCUT2D eigenvalue weighted by Gasteiger charge is -2.42. The predicted octanol–water partition coefficient (Wildman–Crippen LogP) is 1.19. The van der Waals surface area contributed by atoms with Crippen molar-refractivity contribution in [3.05, 3.63) is 0 Å². The van der Waals surface area contributed by atoms with E-state index in [1.807, 2.05) is 13.8 Å². The third-order valence-electron chi connectivity index (χ3n) is 2.93. The summed E-state index contributed by atoms with van der Waals surface area (Å²) in [6, 6.07) is 0. The number of rotatable bonds is 7. The van der Waals surface area contributed by atoms with Crippen molar-refractivity contribution in [2.75, 3.05) is 21.1 Å².